The summed E-state index contributed by atoms with van der Waals surface area (Å²) in [6.45, 7) is 0. The van der Waals surface area contributed by atoms with Gasteiger partial charge < -0.3 is 19.9 Å². The van der Waals surface area contributed by atoms with E-state index in [0.29, 0.717) is 0 Å². The van der Waals surface area contributed by atoms with Crippen LogP contribution in [0.4, 0.5) is 5.69 Å². The predicted molar refractivity (Wildman–Crippen MR) is 74.8 cm³/mol. The minimum absolute atomic E-state index is 0.111. The van der Waals surface area contributed by atoms with Crippen LogP contribution in [0.3, 0.4) is 0 Å². The highest BCUT2D eigenvalue weighted by Crippen LogP contribution is 2.31. The molecule has 2 N–H and O–H groups in total. The van der Waals surface area contributed by atoms with Crippen LogP contribution >= 0.6 is 11.6 Å². The molecule has 1 aromatic rings. The lowest BCUT2D eigenvalue weighted by molar-refractivity contribution is -0.138. The van der Waals surface area contributed by atoms with E-state index in [2.05, 4.69) is 10.1 Å². The molecule has 0 aliphatic rings. The maximum Gasteiger partial charge on any atom is 0.341 e. The molecule has 7 nitrogen and oxygen atoms in total. The Bertz CT molecular complexity index is 572. The highest BCUT2D eigenvalue weighted by Gasteiger charge is 2.17. The Balaban J connectivity index is 2.96. The Labute approximate surface area is 125 Å². The van der Waals surface area contributed by atoms with Crippen LogP contribution in [0.2, 0.25) is 5.02 Å². The van der Waals surface area contributed by atoms with Gasteiger partial charge in [0.05, 0.1) is 31.4 Å². The number of rotatable bonds is 6. The fraction of sp³-hybridized carbons (Fsp3) is 0.308. The lowest BCUT2D eigenvalue weighted by Gasteiger charge is -2.12. The van der Waals surface area contributed by atoms with Gasteiger partial charge in [0.2, 0.25) is 5.91 Å². The van der Waals surface area contributed by atoms with Crippen molar-refractivity contribution in [2.45, 2.75) is 12.8 Å². The second kappa shape index (κ2) is 7.49. The van der Waals surface area contributed by atoms with Crippen LogP contribution in [0.15, 0.2) is 12.1 Å². The summed E-state index contributed by atoms with van der Waals surface area (Å²) < 4.78 is 9.63. The average Bonchev–Trinajstić information content (AvgIpc) is 2.45. The molecule has 0 aliphatic heterocycles. The molecule has 0 unspecified atom stereocenters. The molecule has 1 rings (SSSR count). The van der Waals surface area contributed by atoms with Gasteiger partial charge >= 0.3 is 11.9 Å². The third-order valence-electron chi connectivity index (χ3n) is 2.53. The fourth-order valence-corrected chi connectivity index (χ4v) is 1.73. The second-order valence-electron chi connectivity index (χ2n) is 3.97. The number of halogens is 1. The molecular formula is C13H14ClNO6. The van der Waals surface area contributed by atoms with E-state index in [1.54, 1.807) is 0 Å². The summed E-state index contributed by atoms with van der Waals surface area (Å²) in [6, 6.07) is 2.67. The summed E-state index contributed by atoms with van der Waals surface area (Å²) in [5.41, 5.74) is 0.338. The number of amides is 1. The van der Waals surface area contributed by atoms with Crippen molar-refractivity contribution in [3.05, 3.63) is 22.7 Å². The third-order valence-corrected chi connectivity index (χ3v) is 2.85. The Morgan fingerprint density at radius 1 is 1.24 bits per heavy atom. The Hall–Kier alpha value is -2.28. The summed E-state index contributed by atoms with van der Waals surface area (Å²) in [5.74, 6) is -2.03. The van der Waals surface area contributed by atoms with Gasteiger partial charge in [-0.2, -0.15) is 0 Å². The number of hydrogen-bond donors (Lipinski definition) is 2. The topological polar surface area (TPSA) is 102 Å². The van der Waals surface area contributed by atoms with Crippen molar-refractivity contribution in [3.8, 4) is 5.75 Å². The SMILES string of the molecule is COC(=O)c1cc(Cl)c(NC(=O)CCC(=O)O)cc1OC. The summed E-state index contributed by atoms with van der Waals surface area (Å²) >= 11 is 5.97. The first-order valence-corrected chi connectivity index (χ1v) is 6.24. The van der Waals surface area contributed by atoms with E-state index in [9.17, 15) is 14.4 Å². The van der Waals surface area contributed by atoms with Gasteiger partial charge in [0.1, 0.15) is 11.3 Å². The maximum atomic E-state index is 11.6. The van der Waals surface area contributed by atoms with E-state index < -0.39 is 17.8 Å². The Morgan fingerprint density at radius 2 is 1.90 bits per heavy atom. The van der Waals surface area contributed by atoms with E-state index in [1.807, 2.05) is 0 Å². The van der Waals surface area contributed by atoms with Crippen molar-refractivity contribution in [3.63, 3.8) is 0 Å². The number of methoxy groups -OCH3 is 2. The molecular weight excluding hydrogens is 302 g/mol. The molecule has 8 heteroatoms. The fourth-order valence-electron chi connectivity index (χ4n) is 1.52. The molecule has 21 heavy (non-hydrogen) atoms. The number of aliphatic carboxylic acids is 1. The van der Waals surface area contributed by atoms with Crippen molar-refractivity contribution >= 4 is 35.1 Å². The molecule has 0 spiro atoms. The van der Waals surface area contributed by atoms with Gasteiger partial charge in [0.25, 0.3) is 0 Å². The van der Waals surface area contributed by atoms with Crippen LogP contribution in [0.5, 0.6) is 5.75 Å². The molecule has 0 aromatic heterocycles. The van der Waals surface area contributed by atoms with Crippen molar-refractivity contribution in [1.29, 1.82) is 0 Å². The number of esters is 1. The van der Waals surface area contributed by atoms with Gasteiger partial charge in [-0.25, -0.2) is 4.79 Å². The monoisotopic (exact) mass is 315 g/mol. The van der Waals surface area contributed by atoms with Gasteiger partial charge in [-0.1, -0.05) is 11.6 Å². The van der Waals surface area contributed by atoms with E-state index in [-0.39, 0.29) is 34.9 Å². The lowest BCUT2D eigenvalue weighted by Crippen LogP contribution is -2.14. The largest absolute Gasteiger partial charge is 0.496 e. The molecule has 0 saturated carbocycles. The number of carboxylic acids is 1. The van der Waals surface area contributed by atoms with Crippen molar-refractivity contribution in [1.82, 2.24) is 0 Å². The first kappa shape index (κ1) is 16.8. The van der Waals surface area contributed by atoms with Gasteiger partial charge in [-0.15, -0.1) is 0 Å². The smallest absolute Gasteiger partial charge is 0.341 e. The number of benzene rings is 1. The minimum Gasteiger partial charge on any atom is -0.496 e. The third kappa shape index (κ3) is 4.64. The number of carboxylic acid groups (broad SMARTS) is 1. The summed E-state index contributed by atoms with van der Waals surface area (Å²) in [7, 11) is 2.57. The number of carbonyl (C=O) groups is 3. The van der Waals surface area contributed by atoms with Crippen LogP contribution in [0, 0.1) is 0 Å². The van der Waals surface area contributed by atoms with Crippen molar-refractivity contribution in [2.75, 3.05) is 19.5 Å². The van der Waals surface area contributed by atoms with E-state index in [0.717, 1.165) is 0 Å². The number of ether oxygens (including phenoxy) is 2. The minimum atomic E-state index is -1.07. The van der Waals surface area contributed by atoms with Gasteiger partial charge in [-0.05, 0) is 6.07 Å². The average molecular weight is 316 g/mol. The summed E-state index contributed by atoms with van der Waals surface area (Å²) in [4.78, 5) is 33.5. The first-order valence-electron chi connectivity index (χ1n) is 5.86. The number of carbonyl (C=O) groups excluding carboxylic acids is 2. The van der Waals surface area contributed by atoms with Gasteiger partial charge in [0, 0.05) is 12.5 Å². The van der Waals surface area contributed by atoms with Crippen LogP contribution < -0.4 is 10.1 Å². The molecule has 1 aromatic carbocycles. The number of anilines is 1. The number of nitrogens with one attached hydrogen (secondary N) is 1. The van der Waals surface area contributed by atoms with Gasteiger partial charge in [-0.3, -0.25) is 9.59 Å². The highest BCUT2D eigenvalue weighted by molar-refractivity contribution is 6.34. The number of hydrogen-bond acceptors (Lipinski definition) is 5. The van der Waals surface area contributed by atoms with E-state index in [1.165, 1.54) is 26.4 Å². The quantitative estimate of drug-likeness (QED) is 0.778. The molecule has 1 amide bonds. The maximum absolute atomic E-state index is 11.6. The summed E-state index contributed by atoms with van der Waals surface area (Å²) in [5, 5.41) is 11.1. The zero-order chi connectivity index (χ0) is 16.0. The van der Waals surface area contributed by atoms with Crippen LogP contribution in [-0.2, 0) is 14.3 Å². The first-order chi connectivity index (χ1) is 9.88. The van der Waals surface area contributed by atoms with Crippen molar-refractivity contribution in [2.24, 2.45) is 0 Å². The highest BCUT2D eigenvalue weighted by atomic mass is 35.5. The standard InChI is InChI=1S/C13H14ClNO6/c1-20-10-6-9(15-11(16)3-4-12(17)18)8(14)5-7(10)13(19)21-2/h5-6H,3-4H2,1-2H3,(H,15,16)(H,17,18). The van der Waals surface area contributed by atoms with E-state index >= 15 is 0 Å². The predicted octanol–water partition coefficient (Wildman–Crippen LogP) is 1.94. The molecule has 0 aliphatic carbocycles. The molecule has 0 heterocycles. The Morgan fingerprint density at radius 3 is 2.43 bits per heavy atom. The van der Waals surface area contributed by atoms with Gasteiger partial charge in [0.15, 0.2) is 0 Å². The molecule has 0 atom stereocenters. The van der Waals surface area contributed by atoms with Crippen LogP contribution in [0.1, 0.15) is 23.2 Å². The Kier molecular flexibility index (Phi) is 5.98. The second-order valence-corrected chi connectivity index (χ2v) is 4.37. The molecule has 0 bridgehead atoms. The lowest BCUT2D eigenvalue weighted by atomic mass is 10.1. The molecule has 114 valence electrons. The zero-order valence-electron chi connectivity index (χ0n) is 11.4. The zero-order valence-corrected chi connectivity index (χ0v) is 12.2. The van der Waals surface area contributed by atoms with Crippen molar-refractivity contribution < 1.29 is 29.0 Å². The molecule has 0 radical (unpaired) electrons. The summed E-state index contributed by atoms with van der Waals surface area (Å²) in [6.07, 6.45) is -0.479. The van der Waals surface area contributed by atoms with E-state index in [4.69, 9.17) is 21.4 Å². The normalized spacial score (nSPS) is 9.86. The molecule has 0 fully saturated rings. The van der Waals surface area contributed by atoms with Crippen LogP contribution in [0.25, 0.3) is 0 Å². The van der Waals surface area contributed by atoms with Crippen LogP contribution in [-0.4, -0.2) is 37.2 Å². The molecule has 0 saturated heterocycles.